The number of benzene rings is 1. The van der Waals surface area contributed by atoms with Crippen LogP contribution in [0.5, 0.6) is 0 Å². The highest BCUT2D eigenvalue weighted by Gasteiger charge is 2.35. The van der Waals surface area contributed by atoms with Crippen molar-refractivity contribution in [2.24, 2.45) is 0 Å². The van der Waals surface area contributed by atoms with Crippen molar-refractivity contribution in [1.82, 2.24) is 0 Å². The number of ether oxygens (including phenoxy) is 1. The Balaban J connectivity index is 2.26. The van der Waals surface area contributed by atoms with E-state index < -0.39 is 4.92 Å². The quantitative estimate of drug-likeness (QED) is 0.565. The molecule has 1 heterocycles. The van der Waals surface area contributed by atoms with Crippen molar-refractivity contribution < 1.29 is 15.0 Å². The standard InChI is InChI=1S/C10H12N2O3/c1-10(11-6-7-15-10)8-2-4-9(5-3-8)12(13)14/h2-5,11H,6-7H2,1H3/p+1/t10-/m1/s1. The summed E-state index contributed by atoms with van der Waals surface area (Å²) >= 11 is 0. The van der Waals surface area contributed by atoms with Crippen molar-refractivity contribution in [3.63, 3.8) is 0 Å². The molecule has 1 aromatic carbocycles. The molecule has 0 radical (unpaired) electrons. The molecule has 0 aliphatic carbocycles. The van der Waals surface area contributed by atoms with Crippen molar-refractivity contribution in [2.75, 3.05) is 13.2 Å². The maximum atomic E-state index is 10.5. The van der Waals surface area contributed by atoms with Gasteiger partial charge in [-0.3, -0.25) is 10.1 Å². The molecule has 2 N–H and O–H groups in total. The highest BCUT2D eigenvalue weighted by molar-refractivity contribution is 5.34. The highest BCUT2D eigenvalue weighted by Crippen LogP contribution is 2.22. The predicted octanol–water partition coefficient (Wildman–Crippen LogP) is 0.361. The lowest BCUT2D eigenvalue weighted by Gasteiger charge is -2.19. The van der Waals surface area contributed by atoms with Crippen molar-refractivity contribution in [1.29, 1.82) is 0 Å². The van der Waals surface area contributed by atoms with Crippen LogP contribution in [0.25, 0.3) is 0 Å². The van der Waals surface area contributed by atoms with E-state index in [0.29, 0.717) is 6.61 Å². The largest absolute Gasteiger partial charge is 0.317 e. The molecule has 5 heteroatoms. The molecule has 0 unspecified atom stereocenters. The maximum absolute atomic E-state index is 10.5. The number of quaternary nitrogens is 1. The number of nitro groups is 1. The predicted molar refractivity (Wildman–Crippen MR) is 53.2 cm³/mol. The summed E-state index contributed by atoms with van der Waals surface area (Å²) in [5.74, 6) is 0. The highest BCUT2D eigenvalue weighted by atomic mass is 16.6. The fraction of sp³-hybridized carbons (Fsp3) is 0.400. The average Bonchev–Trinajstić information content (AvgIpc) is 2.67. The van der Waals surface area contributed by atoms with Gasteiger partial charge in [0.15, 0.2) is 0 Å². The molecule has 1 aliphatic rings. The van der Waals surface area contributed by atoms with Gasteiger partial charge < -0.3 is 10.1 Å². The number of nitrogens with zero attached hydrogens (tertiary/aromatic N) is 1. The van der Waals surface area contributed by atoms with E-state index in [4.69, 9.17) is 4.74 Å². The minimum absolute atomic E-state index is 0.111. The van der Waals surface area contributed by atoms with Crippen LogP contribution in [0.2, 0.25) is 0 Å². The third kappa shape index (κ3) is 1.84. The minimum atomic E-state index is -0.397. The lowest BCUT2D eigenvalue weighted by Crippen LogP contribution is -2.91. The molecule has 0 aromatic heterocycles. The molecule has 1 atom stereocenters. The fourth-order valence-electron chi connectivity index (χ4n) is 1.78. The summed E-state index contributed by atoms with van der Waals surface area (Å²) in [4.78, 5) is 10.1. The SMILES string of the molecule is C[C@@]1(c2ccc([N+](=O)[O-])cc2)[NH2+]CCO1. The van der Waals surface area contributed by atoms with Crippen LogP contribution in [0.15, 0.2) is 24.3 Å². The van der Waals surface area contributed by atoms with E-state index in [1.165, 1.54) is 12.1 Å². The second kappa shape index (κ2) is 3.60. The van der Waals surface area contributed by atoms with Crippen molar-refractivity contribution in [3.8, 4) is 0 Å². The van der Waals surface area contributed by atoms with Gasteiger partial charge in [0.05, 0.1) is 4.92 Å². The molecule has 0 bridgehead atoms. The number of hydrogen-bond acceptors (Lipinski definition) is 3. The Morgan fingerprint density at radius 1 is 1.47 bits per heavy atom. The average molecular weight is 209 g/mol. The maximum Gasteiger partial charge on any atom is 0.269 e. The number of rotatable bonds is 2. The summed E-state index contributed by atoms with van der Waals surface area (Å²) in [6.45, 7) is 3.61. The van der Waals surface area contributed by atoms with E-state index in [9.17, 15) is 10.1 Å². The first-order valence-corrected chi connectivity index (χ1v) is 4.85. The second-order valence-electron chi connectivity index (χ2n) is 3.75. The van der Waals surface area contributed by atoms with Gasteiger partial charge in [0.1, 0.15) is 13.2 Å². The molecular formula is C10H13N2O3+. The number of hydrogen-bond donors (Lipinski definition) is 1. The zero-order valence-electron chi connectivity index (χ0n) is 8.47. The summed E-state index contributed by atoms with van der Waals surface area (Å²) in [5, 5.41) is 12.6. The fourth-order valence-corrected chi connectivity index (χ4v) is 1.78. The van der Waals surface area contributed by atoms with Gasteiger partial charge in [-0.15, -0.1) is 0 Å². The van der Waals surface area contributed by atoms with Crippen molar-refractivity contribution in [3.05, 3.63) is 39.9 Å². The van der Waals surface area contributed by atoms with E-state index in [1.807, 2.05) is 6.92 Å². The molecule has 0 saturated carbocycles. The summed E-state index contributed by atoms with van der Waals surface area (Å²) in [5.41, 5.74) is 0.695. The Hall–Kier alpha value is -1.46. The van der Waals surface area contributed by atoms with Crippen LogP contribution in [0.3, 0.4) is 0 Å². The van der Waals surface area contributed by atoms with Crippen LogP contribution in [0.4, 0.5) is 5.69 Å². The first-order chi connectivity index (χ1) is 7.12. The van der Waals surface area contributed by atoms with Gasteiger partial charge >= 0.3 is 0 Å². The van der Waals surface area contributed by atoms with Gasteiger partial charge in [0.2, 0.25) is 5.72 Å². The zero-order valence-corrected chi connectivity index (χ0v) is 8.47. The molecule has 0 amide bonds. The van der Waals surface area contributed by atoms with E-state index in [-0.39, 0.29) is 11.4 Å². The monoisotopic (exact) mass is 209 g/mol. The molecule has 5 nitrogen and oxygen atoms in total. The third-order valence-electron chi connectivity index (χ3n) is 2.70. The van der Waals surface area contributed by atoms with Gasteiger partial charge in [-0.1, -0.05) is 0 Å². The van der Waals surface area contributed by atoms with E-state index >= 15 is 0 Å². The van der Waals surface area contributed by atoms with Crippen molar-refractivity contribution in [2.45, 2.75) is 12.6 Å². The molecule has 1 saturated heterocycles. The smallest absolute Gasteiger partial charge is 0.269 e. The molecule has 80 valence electrons. The molecule has 0 spiro atoms. The molecular weight excluding hydrogens is 196 g/mol. The molecule has 1 aromatic rings. The summed E-state index contributed by atoms with van der Waals surface area (Å²) in [6.07, 6.45) is 0. The number of non-ortho nitro benzene ring substituents is 1. The van der Waals surface area contributed by atoms with Crippen LogP contribution >= 0.6 is 0 Å². The molecule has 1 fully saturated rings. The third-order valence-corrected chi connectivity index (χ3v) is 2.70. The van der Waals surface area contributed by atoms with Crippen LogP contribution in [0.1, 0.15) is 12.5 Å². The minimum Gasteiger partial charge on any atom is -0.317 e. The van der Waals surface area contributed by atoms with Crippen LogP contribution in [-0.4, -0.2) is 18.1 Å². The lowest BCUT2D eigenvalue weighted by atomic mass is 10.1. The van der Waals surface area contributed by atoms with Crippen LogP contribution in [0, 0.1) is 10.1 Å². The van der Waals surface area contributed by atoms with Crippen LogP contribution < -0.4 is 5.32 Å². The Morgan fingerprint density at radius 3 is 2.60 bits per heavy atom. The van der Waals surface area contributed by atoms with Gasteiger partial charge in [-0.05, 0) is 12.1 Å². The van der Waals surface area contributed by atoms with E-state index in [1.54, 1.807) is 12.1 Å². The van der Waals surface area contributed by atoms with E-state index in [2.05, 4.69) is 5.32 Å². The Bertz CT molecular complexity index is 369. The van der Waals surface area contributed by atoms with Gasteiger partial charge in [0, 0.05) is 24.6 Å². The van der Waals surface area contributed by atoms with Crippen LogP contribution in [-0.2, 0) is 10.5 Å². The van der Waals surface area contributed by atoms with Gasteiger partial charge in [-0.25, -0.2) is 0 Å². The Kier molecular flexibility index (Phi) is 2.42. The number of nitro benzene ring substituents is 1. The summed E-state index contributed by atoms with van der Waals surface area (Å²) in [6, 6.07) is 6.52. The van der Waals surface area contributed by atoms with Crippen molar-refractivity contribution >= 4 is 5.69 Å². The Morgan fingerprint density at radius 2 is 2.13 bits per heavy atom. The van der Waals surface area contributed by atoms with Gasteiger partial charge in [0.25, 0.3) is 5.69 Å². The number of nitrogens with two attached hydrogens (primary N) is 1. The second-order valence-corrected chi connectivity index (χ2v) is 3.75. The first kappa shape index (κ1) is 10.1. The first-order valence-electron chi connectivity index (χ1n) is 4.85. The molecule has 2 rings (SSSR count). The zero-order chi connectivity index (χ0) is 10.9. The van der Waals surface area contributed by atoms with E-state index in [0.717, 1.165) is 12.1 Å². The molecule has 1 aliphatic heterocycles. The van der Waals surface area contributed by atoms with Gasteiger partial charge in [-0.2, -0.15) is 0 Å². The summed E-state index contributed by atoms with van der Waals surface area (Å²) < 4.78 is 5.60. The lowest BCUT2D eigenvalue weighted by molar-refractivity contribution is -0.740. The summed E-state index contributed by atoms with van der Waals surface area (Å²) in [7, 11) is 0. The normalized spacial score (nSPS) is 25.4. The topological polar surface area (TPSA) is 69.0 Å². The Labute approximate surface area is 87.2 Å². The molecule has 15 heavy (non-hydrogen) atoms.